The van der Waals surface area contributed by atoms with Crippen LogP contribution in [-0.2, 0) is 22.5 Å². The molecule has 0 saturated heterocycles. The third-order valence-electron chi connectivity index (χ3n) is 4.12. The molecule has 0 N–H and O–H groups in total. The Balaban J connectivity index is 1.65. The van der Waals surface area contributed by atoms with Gasteiger partial charge in [-0.3, -0.25) is 9.59 Å². The highest BCUT2D eigenvalue weighted by Crippen LogP contribution is 2.19. The fourth-order valence-electron chi connectivity index (χ4n) is 2.85. The van der Waals surface area contributed by atoms with Crippen molar-refractivity contribution in [2.75, 3.05) is 6.61 Å². The molecule has 140 valence electrons. The van der Waals surface area contributed by atoms with E-state index in [1.807, 2.05) is 50.2 Å². The lowest BCUT2D eigenvalue weighted by atomic mass is 10.1. The normalized spacial score (nSPS) is 10.9. The van der Waals surface area contributed by atoms with Gasteiger partial charge in [0, 0.05) is 18.0 Å². The van der Waals surface area contributed by atoms with E-state index in [0.29, 0.717) is 18.4 Å². The Morgan fingerprint density at radius 2 is 1.85 bits per heavy atom. The van der Waals surface area contributed by atoms with Gasteiger partial charge in [-0.1, -0.05) is 30.3 Å². The van der Waals surface area contributed by atoms with E-state index in [1.165, 1.54) is 4.57 Å². The standard InChI is InChI=1S/C22H23NO4/c1-16(2)27-19-8-9-20-18(14-19)10-12-23(22(20)25)15-21(24)26-13-11-17-6-4-3-5-7-17/h3-10,12,14,16H,11,13,15H2,1-2H3. The van der Waals surface area contributed by atoms with Crippen molar-refractivity contribution in [1.82, 2.24) is 4.57 Å². The number of esters is 1. The molecule has 5 heteroatoms. The second kappa shape index (κ2) is 8.54. The highest BCUT2D eigenvalue weighted by Gasteiger charge is 2.09. The quantitative estimate of drug-likeness (QED) is 0.601. The Bertz CT molecular complexity index is 977. The maximum absolute atomic E-state index is 12.6. The molecule has 5 nitrogen and oxygen atoms in total. The van der Waals surface area contributed by atoms with E-state index in [0.717, 1.165) is 16.7 Å². The molecule has 0 aliphatic carbocycles. The maximum Gasteiger partial charge on any atom is 0.326 e. The number of rotatable bonds is 7. The second-order valence-corrected chi connectivity index (χ2v) is 6.62. The lowest BCUT2D eigenvalue weighted by Crippen LogP contribution is -2.25. The molecule has 0 unspecified atom stereocenters. The molecule has 27 heavy (non-hydrogen) atoms. The lowest BCUT2D eigenvalue weighted by Gasteiger charge is -2.11. The van der Waals surface area contributed by atoms with Crippen LogP contribution in [0.25, 0.3) is 10.8 Å². The van der Waals surface area contributed by atoms with Crippen LogP contribution in [0.2, 0.25) is 0 Å². The molecule has 0 radical (unpaired) electrons. The molecule has 1 heterocycles. The molecule has 0 bridgehead atoms. The summed E-state index contributed by atoms with van der Waals surface area (Å²) in [5.41, 5.74) is 0.885. The van der Waals surface area contributed by atoms with Crippen LogP contribution in [0, 0.1) is 0 Å². The number of hydrogen-bond donors (Lipinski definition) is 0. The van der Waals surface area contributed by atoms with Crippen LogP contribution in [0.3, 0.4) is 0 Å². The Hall–Kier alpha value is -3.08. The number of nitrogens with zero attached hydrogens (tertiary/aromatic N) is 1. The molecular formula is C22H23NO4. The van der Waals surface area contributed by atoms with Crippen molar-refractivity contribution in [1.29, 1.82) is 0 Å². The van der Waals surface area contributed by atoms with Gasteiger partial charge in [-0.2, -0.15) is 0 Å². The highest BCUT2D eigenvalue weighted by molar-refractivity contribution is 5.83. The number of hydrogen-bond acceptors (Lipinski definition) is 4. The zero-order valence-corrected chi connectivity index (χ0v) is 15.6. The summed E-state index contributed by atoms with van der Waals surface area (Å²) in [6.07, 6.45) is 2.33. The second-order valence-electron chi connectivity index (χ2n) is 6.62. The fraction of sp³-hybridized carbons (Fsp3) is 0.273. The Morgan fingerprint density at radius 3 is 2.59 bits per heavy atom. The van der Waals surface area contributed by atoms with Gasteiger partial charge in [-0.15, -0.1) is 0 Å². The predicted octanol–water partition coefficient (Wildman–Crippen LogP) is 3.57. The van der Waals surface area contributed by atoms with Crippen molar-refractivity contribution >= 4 is 16.7 Å². The Kier molecular flexibility index (Phi) is 5.91. The molecule has 0 amide bonds. The molecule has 0 aliphatic heterocycles. The van der Waals surface area contributed by atoms with Crippen molar-refractivity contribution < 1.29 is 14.3 Å². The van der Waals surface area contributed by atoms with Crippen LogP contribution in [-0.4, -0.2) is 23.2 Å². The zero-order chi connectivity index (χ0) is 19.2. The summed E-state index contributed by atoms with van der Waals surface area (Å²) in [5, 5.41) is 1.33. The summed E-state index contributed by atoms with van der Waals surface area (Å²) < 4.78 is 12.3. The number of pyridine rings is 1. The fourth-order valence-corrected chi connectivity index (χ4v) is 2.85. The van der Waals surface area contributed by atoms with Crippen molar-refractivity contribution in [3.63, 3.8) is 0 Å². The summed E-state index contributed by atoms with van der Waals surface area (Å²) in [7, 11) is 0. The first kappa shape index (κ1) is 18.7. The Labute approximate surface area is 158 Å². The van der Waals surface area contributed by atoms with Gasteiger partial charge in [0.25, 0.3) is 5.56 Å². The van der Waals surface area contributed by atoms with Crippen molar-refractivity contribution in [2.24, 2.45) is 0 Å². The van der Waals surface area contributed by atoms with Crippen molar-refractivity contribution in [3.05, 3.63) is 76.7 Å². The molecule has 0 fully saturated rings. The monoisotopic (exact) mass is 365 g/mol. The molecule has 2 aromatic carbocycles. The minimum Gasteiger partial charge on any atom is -0.491 e. The van der Waals surface area contributed by atoms with Crippen molar-refractivity contribution in [3.8, 4) is 5.75 Å². The molecule has 3 rings (SSSR count). The minimum absolute atomic E-state index is 0.0634. The molecule has 0 spiro atoms. The average molecular weight is 365 g/mol. The largest absolute Gasteiger partial charge is 0.491 e. The summed E-state index contributed by atoms with van der Waals surface area (Å²) >= 11 is 0. The van der Waals surface area contributed by atoms with Crippen LogP contribution < -0.4 is 10.3 Å². The number of aromatic nitrogens is 1. The van der Waals surface area contributed by atoms with Crippen LogP contribution >= 0.6 is 0 Å². The van der Waals surface area contributed by atoms with Crippen LogP contribution in [0.4, 0.5) is 0 Å². The molecular weight excluding hydrogens is 342 g/mol. The van der Waals surface area contributed by atoms with Gasteiger partial charge < -0.3 is 14.0 Å². The SMILES string of the molecule is CC(C)Oc1ccc2c(=O)n(CC(=O)OCCc3ccccc3)ccc2c1. The van der Waals surface area contributed by atoms with E-state index in [2.05, 4.69) is 0 Å². The van der Waals surface area contributed by atoms with Crippen LogP contribution in [0.5, 0.6) is 5.75 Å². The molecule has 0 saturated carbocycles. The average Bonchev–Trinajstić information content (AvgIpc) is 2.64. The van der Waals surface area contributed by atoms with E-state index in [9.17, 15) is 9.59 Å². The summed E-state index contributed by atoms with van der Waals surface area (Å²) in [4.78, 5) is 24.7. The predicted molar refractivity (Wildman–Crippen MR) is 105 cm³/mol. The van der Waals surface area contributed by atoms with Crippen LogP contribution in [0.15, 0.2) is 65.6 Å². The first-order chi connectivity index (χ1) is 13.0. The number of carbonyl (C=O) groups is 1. The molecule has 3 aromatic rings. The molecule has 0 aliphatic rings. The highest BCUT2D eigenvalue weighted by atomic mass is 16.5. The third-order valence-corrected chi connectivity index (χ3v) is 4.12. The van der Waals surface area contributed by atoms with Gasteiger partial charge >= 0.3 is 5.97 Å². The summed E-state index contributed by atoms with van der Waals surface area (Å²) in [6.45, 7) is 4.09. The topological polar surface area (TPSA) is 57.5 Å². The van der Waals surface area contributed by atoms with E-state index < -0.39 is 5.97 Å². The molecule has 1 aromatic heterocycles. The lowest BCUT2D eigenvalue weighted by molar-refractivity contribution is -0.144. The minimum atomic E-state index is -0.424. The zero-order valence-electron chi connectivity index (χ0n) is 15.6. The first-order valence-electron chi connectivity index (χ1n) is 9.02. The van der Waals surface area contributed by atoms with E-state index in [1.54, 1.807) is 24.4 Å². The number of ether oxygens (including phenoxy) is 2. The van der Waals surface area contributed by atoms with Gasteiger partial charge in [0.05, 0.1) is 12.7 Å². The molecule has 0 atom stereocenters. The smallest absolute Gasteiger partial charge is 0.326 e. The maximum atomic E-state index is 12.6. The van der Waals surface area contributed by atoms with Gasteiger partial charge in [-0.05, 0) is 49.1 Å². The summed E-state index contributed by atoms with van der Waals surface area (Å²) in [5.74, 6) is 0.294. The third kappa shape index (κ3) is 4.97. The number of fused-ring (bicyclic) bond motifs is 1. The van der Waals surface area contributed by atoms with E-state index in [4.69, 9.17) is 9.47 Å². The van der Waals surface area contributed by atoms with Crippen LogP contribution in [0.1, 0.15) is 19.4 Å². The van der Waals surface area contributed by atoms with Gasteiger partial charge in [0.1, 0.15) is 12.3 Å². The first-order valence-corrected chi connectivity index (χ1v) is 9.02. The summed E-state index contributed by atoms with van der Waals surface area (Å²) in [6, 6.07) is 16.9. The van der Waals surface area contributed by atoms with Gasteiger partial charge in [0.2, 0.25) is 0 Å². The van der Waals surface area contributed by atoms with E-state index >= 15 is 0 Å². The van der Waals surface area contributed by atoms with E-state index in [-0.39, 0.29) is 18.2 Å². The number of carbonyl (C=O) groups excluding carboxylic acids is 1. The van der Waals surface area contributed by atoms with Gasteiger partial charge in [-0.25, -0.2) is 0 Å². The number of benzene rings is 2. The Morgan fingerprint density at radius 1 is 1.07 bits per heavy atom. The van der Waals surface area contributed by atoms with Gasteiger partial charge in [0.15, 0.2) is 0 Å². The van der Waals surface area contributed by atoms with Crippen molar-refractivity contribution in [2.45, 2.75) is 32.9 Å².